The number of nitrogens with zero attached hydrogens (tertiary/aromatic N) is 2. The molecule has 126 valence electrons. The van der Waals surface area contributed by atoms with Gasteiger partial charge in [0.1, 0.15) is 12.2 Å². The van der Waals surface area contributed by atoms with Gasteiger partial charge in [0.05, 0.1) is 6.54 Å². The van der Waals surface area contributed by atoms with E-state index in [1.807, 2.05) is 0 Å². The van der Waals surface area contributed by atoms with Crippen molar-refractivity contribution in [3.8, 4) is 0 Å². The van der Waals surface area contributed by atoms with Crippen LogP contribution in [0.5, 0.6) is 0 Å². The molecule has 0 bridgehead atoms. The van der Waals surface area contributed by atoms with Gasteiger partial charge in [0, 0.05) is 19.1 Å². The predicted octanol–water partition coefficient (Wildman–Crippen LogP) is 0.282. The van der Waals surface area contributed by atoms with Gasteiger partial charge in [-0.25, -0.2) is 9.59 Å². The first-order valence-corrected chi connectivity index (χ1v) is 8.47. The van der Waals surface area contributed by atoms with Crippen molar-refractivity contribution in [2.45, 2.75) is 38.8 Å². The molecule has 9 nitrogen and oxygen atoms in total. The smallest absolute Gasteiger partial charge is 0.424 e. The van der Waals surface area contributed by atoms with Crippen molar-refractivity contribution in [1.29, 1.82) is 0 Å². The van der Waals surface area contributed by atoms with Crippen LogP contribution in [0.3, 0.4) is 0 Å². The lowest BCUT2D eigenvalue weighted by molar-refractivity contribution is 0.0291. The zero-order valence-electron chi connectivity index (χ0n) is 12.9. The molecule has 1 atom stereocenters. The quantitative estimate of drug-likeness (QED) is 0.794. The monoisotopic (exact) mass is 335 g/mol. The van der Waals surface area contributed by atoms with E-state index in [2.05, 4.69) is 9.46 Å². The minimum absolute atomic E-state index is 0.00331. The third-order valence-corrected chi connectivity index (χ3v) is 4.71. The number of amides is 2. The summed E-state index contributed by atoms with van der Waals surface area (Å²) in [5.74, 6) is 0. The van der Waals surface area contributed by atoms with Gasteiger partial charge in [0.15, 0.2) is 0 Å². The maximum atomic E-state index is 12.1. The molecule has 0 aromatic rings. The molecular formula is C12H21N3O6S. The number of nitrogens with one attached hydrogen (secondary N) is 1. The number of cyclic esters (lactones) is 1. The van der Waals surface area contributed by atoms with Gasteiger partial charge in [-0.05, 0) is 27.2 Å². The van der Waals surface area contributed by atoms with Crippen molar-refractivity contribution in [1.82, 2.24) is 13.9 Å². The minimum Gasteiger partial charge on any atom is -0.447 e. The highest BCUT2D eigenvalue weighted by molar-refractivity contribution is 7.87. The van der Waals surface area contributed by atoms with Gasteiger partial charge in [-0.1, -0.05) is 0 Å². The SMILES string of the molecule is CC(C)(C)OC(=O)N1CC[C@@H](NS(=O)(=O)N2CCOC2=O)C1. The Morgan fingerprint density at radius 3 is 2.59 bits per heavy atom. The highest BCUT2D eigenvalue weighted by atomic mass is 32.2. The van der Waals surface area contributed by atoms with Crippen LogP contribution < -0.4 is 4.72 Å². The molecule has 0 aromatic heterocycles. The van der Waals surface area contributed by atoms with Gasteiger partial charge in [-0.3, -0.25) is 0 Å². The van der Waals surface area contributed by atoms with Gasteiger partial charge in [0.2, 0.25) is 0 Å². The summed E-state index contributed by atoms with van der Waals surface area (Å²) in [5, 5.41) is 0. The van der Waals surface area contributed by atoms with Crippen molar-refractivity contribution in [2.75, 3.05) is 26.2 Å². The molecule has 2 aliphatic heterocycles. The fourth-order valence-corrected chi connectivity index (χ4v) is 3.53. The van der Waals surface area contributed by atoms with Crippen molar-refractivity contribution in [3.63, 3.8) is 0 Å². The first-order valence-electron chi connectivity index (χ1n) is 7.03. The van der Waals surface area contributed by atoms with E-state index in [1.54, 1.807) is 20.8 Å². The summed E-state index contributed by atoms with van der Waals surface area (Å²) in [5.41, 5.74) is -0.603. The molecule has 0 aliphatic carbocycles. The third kappa shape index (κ3) is 4.01. The van der Waals surface area contributed by atoms with E-state index >= 15 is 0 Å². The average Bonchev–Trinajstić information content (AvgIpc) is 2.95. The number of rotatable bonds is 3. The summed E-state index contributed by atoms with van der Waals surface area (Å²) in [7, 11) is -3.95. The van der Waals surface area contributed by atoms with E-state index in [9.17, 15) is 18.0 Å². The molecule has 0 unspecified atom stereocenters. The van der Waals surface area contributed by atoms with Crippen LogP contribution in [-0.4, -0.2) is 67.7 Å². The predicted molar refractivity (Wildman–Crippen MR) is 76.3 cm³/mol. The van der Waals surface area contributed by atoms with Gasteiger partial charge in [0.25, 0.3) is 0 Å². The fraction of sp³-hybridized carbons (Fsp3) is 0.833. The second kappa shape index (κ2) is 5.92. The molecule has 0 saturated carbocycles. The molecule has 2 amide bonds. The van der Waals surface area contributed by atoms with Crippen LogP contribution in [0.1, 0.15) is 27.2 Å². The lowest BCUT2D eigenvalue weighted by Crippen LogP contribution is -2.47. The van der Waals surface area contributed by atoms with E-state index in [4.69, 9.17) is 4.74 Å². The molecule has 2 fully saturated rings. The van der Waals surface area contributed by atoms with Gasteiger partial charge >= 0.3 is 22.4 Å². The van der Waals surface area contributed by atoms with E-state index in [-0.39, 0.29) is 19.7 Å². The van der Waals surface area contributed by atoms with Crippen LogP contribution in [0.2, 0.25) is 0 Å². The Morgan fingerprint density at radius 2 is 2.05 bits per heavy atom. The number of carbonyl (C=O) groups excluding carboxylic acids is 2. The number of hydrogen-bond acceptors (Lipinski definition) is 6. The van der Waals surface area contributed by atoms with E-state index < -0.39 is 34.0 Å². The lowest BCUT2D eigenvalue weighted by atomic mass is 10.2. The van der Waals surface area contributed by atoms with Gasteiger partial charge in [-0.15, -0.1) is 0 Å². The first kappa shape index (κ1) is 16.8. The number of carbonyl (C=O) groups is 2. The van der Waals surface area contributed by atoms with E-state index in [1.165, 1.54) is 4.90 Å². The van der Waals surface area contributed by atoms with Crippen molar-refractivity contribution in [3.05, 3.63) is 0 Å². The van der Waals surface area contributed by atoms with Crippen molar-refractivity contribution >= 4 is 22.4 Å². The third-order valence-electron chi connectivity index (χ3n) is 3.17. The van der Waals surface area contributed by atoms with Crippen LogP contribution in [-0.2, 0) is 19.7 Å². The Kier molecular flexibility index (Phi) is 4.52. The summed E-state index contributed by atoms with van der Waals surface area (Å²) in [6, 6.07) is -0.453. The molecule has 2 aliphatic rings. The molecule has 1 N–H and O–H groups in total. The molecule has 2 rings (SSSR count). The van der Waals surface area contributed by atoms with Crippen LogP contribution in [0.4, 0.5) is 9.59 Å². The Hall–Kier alpha value is -1.55. The second-order valence-electron chi connectivity index (χ2n) is 6.22. The largest absolute Gasteiger partial charge is 0.447 e. The topological polar surface area (TPSA) is 105 Å². The average molecular weight is 335 g/mol. The summed E-state index contributed by atoms with van der Waals surface area (Å²) in [4.78, 5) is 24.7. The van der Waals surface area contributed by atoms with Crippen molar-refractivity contribution in [2.24, 2.45) is 0 Å². The maximum absolute atomic E-state index is 12.1. The standard InChI is InChI=1S/C12H21N3O6S/c1-12(2,3)21-10(16)14-5-4-9(8-14)13-22(18,19)15-6-7-20-11(15)17/h9,13H,4-8H2,1-3H3/t9-/m1/s1. The highest BCUT2D eigenvalue weighted by Crippen LogP contribution is 2.17. The summed E-state index contributed by atoms with van der Waals surface area (Å²) >= 11 is 0. The van der Waals surface area contributed by atoms with Crippen LogP contribution in [0, 0.1) is 0 Å². The highest BCUT2D eigenvalue weighted by Gasteiger charge is 2.37. The number of hydrogen-bond donors (Lipinski definition) is 1. The lowest BCUT2D eigenvalue weighted by Gasteiger charge is -2.24. The van der Waals surface area contributed by atoms with Crippen LogP contribution >= 0.6 is 0 Å². The zero-order valence-corrected chi connectivity index (χ0v) is 13.7. The molecular weight excluding hydrogens is 314 g/mol. The Morgan fingerprint density at radius 1 is 1.36 bits per heavy atom. The van der Waals surface area contributed by atoms with Crippen LogP contribution in [0.15, 0.2) is 0 Å². The molecule has 0 aromatic carbocycles. The van der Waals surface area contributed by atoms with Gasteiger partial charge < -0.3 is 14.4 Å². The summed E-state index contributed by atoms with van der Waals surface area (Å²) < 4.78 is 37.1. The Bertz CT molecular complexity index is 556. The summed E-state index contributed by atoms with van der Waals surface area (Å²) in [6.07, 6.45) is -0.897. The normalized spacial score (nSPS) is 22.9. The number of likely N-dealkylation sites (tertiary alicyclic amines) is 1. The van der Waals surface area contributed by atoms with E-state index in [0.717, 1.165) is 0 Å². The van der Waals surface area contributed by atoms with Crippen molar-refractivity contribution < 1.29 is 27.5 Å². The number of ether oxygens (including phenoxy) is 2. The molecule has 0 spiro atoms. The Labute approximate surface area is 129 Å². The molecule has 22 heavy (non-hydrogen) atoms. The summed E-state index contributed by atoms with van der Waals surface area (Å²) in [6.45, 7) is 5.94. The van der Waals surface area contributed by atoms with E-state index in [0.29, 0.717) is 17.3 Å². The fourth-order valence-electron chi connectivity index (χ4n) is 2.22. The maximum Gasteiger partial charge on any atom is 0.424 e. The van der Waals surface area contributed by atoms with Gasteiger partial charge in [-0.2, -0.15) is 17.4 Å². The Balaban J connectivity index is 1.91. The minimum atomic E-state index is -3.95. The zero-order chi connectivity index (χ0) is 16.5. The molecule has 0 radical (unpaired) electrons. The first-order chi connectivity index (χ1) is 10.1. The second-order valence-corrected chi connectivity index (χ2v) is 7.85. The molecule has 2 heterocycles. The van der Waals surface area contributed by atoms with Crippen LogP contribution in [0.25, 0.3) is 0 Å². The molecule has 2 saturated heterocycles. The molecule has 10 heteroatoms.